The average molecular weight is 449 g/mol. The first-order valence-corrected chi connectivity index (χ1v) is 10.1. The van der Waals surface area contributed by atoms with Gasteiger partial charge in [0.1, 0.15) is 6.54 Å². The van der Waals surface area contributed by atoms with Gasteiger partial charge in [0.25, 0.3) is 5.91 Å². The van der Waals surface area contributed by atoms with Crippen LogP contribution in [-0.2, 0) is 14.3 Å². The number of thioether (sulfide) groups is 1. The Labute approximate surface area is 173 Å². The molecule has 12 heteroatoms. The lowest BCUT2D eigenvalue weighted by atomic mass is 10.2. The SMILES string of the molecule is CCOC(=O)CNC(=O)CSc1nnc(NC(=O)c2cc(Cl)ccc2Cl)s1. The molecule has 2 rings (SSSR count). The summed E-state index contributed by atoms with van der Waals surface area (Å²) in [5, 5.41) is 13.6. The van der Waals surface area contributed by atoms with Gasteiger partial charge in [-0.3, -0.25) is 19.7 Å². The summed E-state index contributed by atoms with van der Waals surface area (Å²) in [6.45, 7) is 1.75. The molecule has 8 nitrogen and oxygen atoms in total. The Hall–Kier alpha value is -1.88. The van der Waals surface area contributed by atoms with E-state index in [1.54, 1.807) is 13.0 Å². The van der Waals surface area contributed by atoms with Crippen LogP contribution < -0.4 is 10.6 Å². The van der Waals surface area contributed by atoms with E-state index < -0.39 is 11.9 Å². The highest BCUT2D eigenvalue weighted by molar-refractivity contribution is 8.01. The molecule has 2 aromatic rings. The Morgan fingerprint density at radius 2 is 2.04 bits per heavy atom. The molecule has 2 N–H and O–H groups in total. The summed E-state index contributed by atoms with van der Waals surface area (Å²) >= 11 is 14.1. The Kier molecular flexibility index (Phi) is 8.29. The third-order valence-corrected chi connectivity index (χ3v) is 5.40. The molecule has 0 aliphatic heterocycles. The zero-order valence-corrected chi connectivity index (χ0v) is 17.1. The summed E-state index contributed by atoms with van der Waals surface area (Å²) in [4.78, 5) is 35.1. The van der Waals surface area contributed by atoms with Gasteiger partial charge in [-0.25, -0.2) is 0 Å². The number of anilines is 1. The van der Waals surface area contributed by atoms with Crippen LogP contribution in [0.25, 0.3) is 0 Å². The standard InChI is InChI=1S/C15H14Cl2N4O4S2/c1-2-25-12(23)6-18-11(22)7-26-15-21-20-14(27-15)19-13(24)9-5-8(16)3-4-10(9)17/h3-5H,2,6-7H2,1H3,(H,18,22)(H,19,20,24). The van der Waals surface area contributed by atoms with Crippen molar-refractivity contribution >= 4 is 69.2 Å². The number of aromatic nitrogens is 2. The number of amides is 2. The van der Waals surface area contributed by atoms with Gasteiger partial charge in [0, 0.05) is 5.02 Å². The number of nitrogens with one attached hydrogen (secondary N) is 2. The molecule has 0 unspecified atom stereocenters. The van der Waals surface area contributed by atoms with Crippen LogP contribution in [-0.4, -0.2) is 46.9 Å². The van der Waals surface area contributed by atoms with Crippen molar-refractivity contribution in [2.75, 3.05) is 24.2 Å². The maximum Gasteiger partial charge on any atom is 0.325 e. The highest BCUT2D eigenvalue weighted by Crippen LogP contribution is 2.27. The van der Waals surface area contributed by atoms with Crippen molar-refractivity contribution in [2.45, 2.75) is 11.3 Å². The minimum Gasteiger partial charge on any atom is -0.465 e. The fraction of sp³-hybridized carbons (Fsp3) is 0.267. The molecule has 2 amide bonds. The minimum atomic E-state index is -0.503. The summed E-state index contributed by atoms with van der Waals surface area (Å²) < 4.78 is 5.19. The fourth-order valence-electron chi connectivity index (χ4n) is 1.72. The van der Waals surface area contributed by atoms with E-state index in [0.29, 0.717) is 9.36 Å². The number of carbonyl (C=O) groups excluding carboxylic acids is 3. The number of hydrogen-bond acceptors (Lipinski definition) is 8. The van der Waals surface area contributed by atoms with Crippen LogP contribution in [0.3, 0.4) is 0 Å². The molecule has 1 aromatic carbocycles. The van der Waals surface area contributed by atoms with Crippen molar-refractivity contribution in [3.8, 4) is 0 Å². The molecule has 27 heavy (non-hydrogen) atoms. The van der Waals surface area contributed by atoms with Gasteiger partial charge < -0.3 is 10.1 Å². The van der Waals surface area contributed by atoms with E-state index in [4.69, 9.17) is 27.9 Å². The molecule has 0 bridgehead atoms. The second-order valence-electron chi connectivity index (χ2n) is 4.82. The minimum absolute atomic E-state index is 0.0438. The van der Waals surface area contributed by atoms with E-state index in [0.717, 1.165) is 23.1 Å². The summed E-state index contributed by atoms with van der Waals surface area (Å²) in [5.41, 5.74) is 0.215. The number of ether oxygens (including phenoxy) is 1. The predicted molar refractivity (Wildman–Crippen MR) is 105 cm³/mol. The lowest BCUT2D eigenvalue weighted by Gasteiger charge is -2.04. The third-order valence-electron chi connectivity index (χ3n) is 2.86. The van der Waals surface area contributed by atoms with Gasteiger partial charge in [0.05, 0.1) is 22.9 Å². The van der Waals surface area contributed by atoms with Crippen LogP contribution in [0.4, 0.5) is 5.13 Å². The zero-order valence-electron chi connectivity index (χ0n) is 14.0. The van der Waals surface area contributed by atoms with Crippen molar-refractivity contribution in [3.63, 3.8) is 0 Å². The topological polar surface area (TPSA) is 110 Å². The normalized spacial score (nSPS) is 10.3. The van der Waals surface area contributed by atoms with Gasteiger partial charge in [-0.1, -0.05) is 46.3 Å². The Morgan fingerprint density at radius 1 is 1.26 bits per heavy atom. The quantitative estimate of drug-likeness (QED) is 0.362. The first kappa shape index (κ1) is 21.4. The number of benzene rings is 1. The zero-order chi connectivity index (χ0) is 19.8. The number of nitrogens with zero attached hydrogens (tertiary/aromatic N) is 2. The van der Waals surface area contributed by atoms with E-state index in [-0.39, 0.29) is 40.5 Å². The van der Waals surface area contributed by atoms with Crippen LogP contribution >= 0.6 is 46.3 Å². The van der Waals surface area contributed by atoms with Gasteiger partial charge in [-0.2, -0.15) is 0 Å². The van der Waals surface area contributed by atoms with Crippen molar-refractivity contribution in [2.24, 2.45) is 0 Å². The van der Waals surface area contributed by atoms with Crippen LogP contribution in [0, 0.1) is 0 Å². The van der Waals surface area contributed by atoms with Crippen LogP contribution in [0.2, 0.25) is 10.0 Å². The number of halogens is 2. The molecular formula is C15H14Cl2N4O4S2. The number of rotatable bonds is 8. The highest BCUT2D eigenvalue weighted by atomic mass is 35.5. The second-order valence-corrected chi connectivity index (χ2v) is 7.87. The van der Waals surface area contributed by atoms with Gasteiger partial charge in [0.2, 0.25) is 11.0 Å². The van der Waals surface area contributed by atoms with Crippen LogP contribution in [0.1, 0.15) is 17.3 Å². The molecule has 0 spiro atoms. The molecule has 0 saturated carbocycles. The van der Waals surface area contributed by atoms with E-state index in [9.17, 15) is 14.4 Å². The Bertz CT molecular complexity index is 847. The van der Waals surface area contributed by atoms with Crippen molar-refractivity contribution in [1.82, 2.24) is 15.5 Å². The smallest absolute Gasteiger partial charge is 0.325 e. The molecule has 0 atom stereocenters. The highest BCUT2D eigenvalue weighted by Gasteiger charge is 2.15. The van der Waals surface area contributed by atoms with Gasteiger partial charge >= 0.3 is 5.97 Å². The monoisotopic (exact) mass is 448 g/mol. The summed E-state index contributed by atoms with van der Waals surface area (Å²) in [5.74, 6) is -1.28. The third kappa shape index (κ3) is 6.98. The van der Waals surface area contributed by atoms with Gasteiger partial charge in [0.15, 0.2) is 4.34 Å². The predicted octanol–water partition coefficient (Wildman–Crippen LogP) is 2.87. The molecule has 0 aliphatic carbocycles. The van der Waals surface area contributed by atoms with Crippen molar-refractivity contribution in [3.05, 3.63) is 33.8 Å². The first-order valence-electron chi connectivity index (χ1n) is 7.54. The molecule has 144 valence electrons. The molecule has 1 aromatic heterocycles. The lowest BCUT2D eigenvalue weighted by Crippen LogP contribution is -2.31. The number of esters is 1. The van der Waals surface area contributed by atoms with Crippen molar-refractivity contribution < 1.29 is 19.1 Å². The van der Waals surface area contributed by atoms with Crippen LogP contribution in [0.5, 0.6) is 0 Å². The largest absolute Gasteiger partial charge is 0.465 e. The summed E-state index contributed by atoms with van der Waals surface area (Å²) in [6.07, 6.45) is 0. The van der Waals surface area contributed by atoms with E-state index in [2.05, 4.69) is 20.8 Å². The molecular weight excluding hydrogens is 435 g/mol. The lowest BCUT2D eigenvalue weighted by molar-refractivity contribution is -0.143. The second kappa shape index (κ2) is 10.5. The molecule has 0 aliphatic rings. The number of hydrogen-bond donors (Lipinski definition) is 2. The number of carbonyl (C=O) groups is 3. The Balaban J connectivity index is 1.84. The summed E-state index contributed by atoms with van der Waals surface area (Å²) in [7, 11) is 0. The fourth-order valence-corrected chi connectivity index (χ4v) is 3.67. The maximum absolute atomic E-state index is 12.2. The van der Waals surface area contributed by atoms with E-state index in [1.165, 1.54) is 12.1 Å². The molecule has 0 saturated heterocycles. The molecule has 0 fully saturated rings. The summed E-state index contributed by atoms with van der Waals surface area (Å²) in [6, 6.07) is 4.55. The Morgan fingerprint density at radius 3 is 2.78 bits per heavy atom. The molecule has 1 heterocycles. The maximum atomic E-state index is 12.2. The van der Waals surface area contributed by atoms with E-state index >= 15 is 0 Å². The van der Waals surface area contributed by atoms with E-state index in [1.807, 2.05) is 0 Å². The average Bonchev–Trinajstić information content (AvgIpc) is 3.07. The first-order chi connectivity index (χ1) is 12.9. The van der Waals surface area contributed by atoms with Crippen molar-refractivity contribution in [1.29, 1.82) is 0 Å². The van der Waals surface area contributed by atoms with Gasteiger partial charge in [-0.05, 0) is 25.1 Å². The molecule has 0 radical (unpaired) electrons. The van der Waals surface area contributed by atoms with Crippen LogP contribution in [0.15, 0.2) is 22.5 Å². The van der Waals surface area contributed by atoms with Gasteiger partial charge in [-0.15, -0.1) is 10.2 Å².